The molecule has 2 heterocycles. The standard InChI is InChI=1S/C26H48N4O5/c1-3-27-18-26(35,17-25(33)34)11-8-6-4-5-7-9-21(10-14-31)15-22-23(30-13-12-28-19-30)16-24(32)20(2)29-22/h12,14,20-24,27,29,32,35H,3-11,13,15-19H2,1-2H3,(H,33,34). The van der Waals surface area contributed by atoms with Gasteiger partial charge in [-0.1, -0.05) is 39.0 Å². The molecule has 35 heavy (non-hydrogen) atoms. The number of aliphatic hydroxyl groups is 2. The summed E-state index contributed by atoms with van der Waals surface area (Å²) in [5.41, 5.74) is -1.25. The Kier molecular flexibility index (Phi) is 13.4. The number of likely N-dealkylation sites (N-methyl/N-ethyl adjacent to an activating group) is 1. The molecule has 0 saturated carbocycles. The van der Waals surface area contributed by atoms with Crippen molar-refractivity contribution in [1.82, 2.24) is 10.6 Å². The number of carboxylic acid groups (broad SMARTS) is 1. The number of nitrogens with one attached hydrogen (secondary N) is 3. The Balaban J connectivity index is 1.73. The molecule has 2 rings (SSSR count). The highest BCUT2D eigenvalue weighted by molar-refractivity contribution is 5.65. The van der Waals surface area contributed by atoms with E-state index in [-0.39, 0.29) is 31.2 Å². The predicted octanol–water partition coefficient (Wildman–Crippen LogP) is -0.800. The largest absolute Gasteiger partial charge is 0.550 e. The summed E-state index contributed by atoms with van der Waals surface area (Å²) < 4.78 is 0. The number of aliphatic hydroxyl groups excluding tert-OH is 1. The SMILES string of the molecule is CCNCC(O)(CCCCCCCC(CC=O)CC1NC(C)C(O)CC1[NH+]1CC=NC1)CC(=O)[O-]. The molecular formula is C26H48N4O5. The quantitative estimate of drug-likeness (QED) is 0.124. The van der Waals surface area contributed by atoms with Gasteiger partial charge in [0.2, 0.25) is 0 Å². The van der Waals surface area contributed by atoms with Crippen molar-refractivity contribution in [2.75, 3.05) is 26.3 Å². The first-order valence-electron chi connectivity index (χ1n) is 13.6. The van der Waals surface area contributed by atoms with E-state index >= 15 is 0 Å². The highest BCUT2D eigenvalue weighted by Gasteiger charge is 2.41. The van der Waals surface area contributed by atoms with Crippen LogP contribution in [0.4, 0.5) is 0 Å². The number of unbranched alkanes of at least 4 members (excludes halogenated alkanes) is 4. The summed E-state index contributed by atoms with van der Waals surface area (Å²) in [4.78, 5) is 28.1. The highest BCUT2D eigenvalue weighted by atomic mass is 16.4. The summed E-state index contributed by atoms with van der Waals surface area (Å²) in [6.45, 7) is 6.56. The Hall–Kier alpha value is -1.39. The number of piperidine rings is 1. The molecule has 0 bridgehead atoms. The number of carbonyl (C=O) groups excluding carboxylic acids is 2. The molecule has 0 aliphatic carbocycles. The van der Waals surface area contributed by atoms with Gasteiger partial charge in [-0.05, 0) is 38.6 Å². The maximum absolute atomic E-state index is 11.4. The summed E-state index contributed by atoms with van der Waals surface area (Å²) >= 11 is 0. The predicted molar refractivity (Wildman–Crippen MR) is 134 cm³/mol. The fraction of sp³-hybridized carbons (Fsp3) is 0.885. The lowest BCUT2D eigenvalue weighted by molar-refractivity contribution is -0.914. The molecule has 5 N–H and O–H groups in total. The molecule has 1 fully saturated rings. The summed E-state index contributed by atoms with van der Waals surface area (Å²) in [6, 6.07) is 0.632. The Bertz CT molecular complexity index is 656. The van der Waals surface area contributed by atoms with Gasteiger partial charge in [0.05, 0.1) is 24.0 Å². The van der Waals surface area contributed by atoms with E-state index in [1.807, 2.05) is 20.1 Å². The molecule has 0 aromatic rings. The van der Waals surface area contributed by atoms with Crippen molar-refractivity contribution in [3.8, 4) is 0 Å². The average molecular weight is 497 g/mol. The number of aldehydes is 1. The lowest BCUT2D eigenvalue weighted by Gasteiger charge is -2.42. The Morgan fingerprint density at radius 2 is 2.09 bits per heavy atom. The fourth-order valence-corrected chi connectivity index (χ4v) is 5.68. The van der Waals surface area contributed by atoms with E-state index in [9.17, 15) is 24.9 Å². The topological polar surface area (TPSA) is 139 Å². The molecule has 0 radical (unpaired) electrons. The molecule has 0 amide bonds. The number of nitrogens with zero attached hydrogens (tertiary/aromatic N) is 1. The van der Waals surface area contributed by atoms with E-state index < -0.39 is 11.6 Å². The average Bonchev–Trinajstić information content (AvgIpc) is 3.33. The van der Waals surface area contributed by atoms with Crippen LogP contribution in [0.25, 0.3) is 0 Å². The van der Waals surface area contributed by atoms with Crippen LogP contribution < -0.4 is 20.6 Å². The minimum absolute atomic E-state index is 0.0548. The second-order valence-electron chi connectivity index (χ2n) is 10.7. The van der Waals surface area contributed by atoms with Gasteiger partial charge in [0.25, 0.3) is 0 Å². The minimum Gasteiger partial charge on any atom is -0.550 e. The van der Waals surface area contributed by atoms with Crippen LogP contribution in [0.1, 0.15) is 84.5 Å². The number of aliphatic carboxylic acids is 1. The van der Waals surface area contributed by atoms with Gasteiger partial charge >= 0.3 is 0 Å². The molecule has 0 aromatic carbocycles. The lowest BCUT2D eigenvalue weighted by Crippen LogP contribution is -3.16. The highest BCUT2D eigenvalue weighted by Crippen LogP contribution is 2.25. The van der Waals surface area contributed by atoms with Crippen molar-refractivity contribution in [3.63, 3.8) is 0 Å². The number of carbonyl (C=O) groups is 2. The number of hydrogen-bond acceptors (Lipinski definition) is 8. The Morgan fingerprint density at radius 3 is 2.74 bits per heavy atom. The zero-order valence-corrected chi connectivity index (χ0v) is 21.7. The van der Waals surface area contributed by atoms with Crippen molar-refractivity contribution in [2.24, 2.45) is 10.9 Å². The molecule has 9 heteroatoms. The first kappa shape index (κ1) is 29.8. The van der Waals surface area contributed by atoms with Crippen LogP contribution in [-0.4, -0.2) is 84.8 Å². The van der Waals surface area contributed by atoms with Crippen LogP contribution in [0.3, 0.4) is 0 Å². The zero-order valence-electron chi connectivity index (χ0n) is 21.7. The van der Waals surface area contributed by atoms with Crippen molar-refractivity contribution >= 4 is 18.5 Å². The van der Waals surface area contributed by atoms with Crippen LogP contribution in [0, 0.1) is 5.92 Å². The van der Waals surface area contributed by atoms with E-state index in [1.54, 1.807) is 0 Å². The third kappa shape index (κ3) is 10.6. The number of quaternary nitrogens is 1. The van der Waals surface area contributed by atoms with Crippen LogP contribution in [-0.2, 0) is 9.59 Å². The van der Waals surface area contributed by atoms with Gasteiger partial charge in [-0.15, -0.1) is 0 Å². The van der Waals surface area contributed by atoms with Crippen LogP contribution in [0.5, 0.6) is 0 Å². The van der Waals surface area contributed by atoms with Gasteiger partial charge in [-0.25, -0.2) is 4.99 Å². The summed E-state index contributed by atoms with van der Waals surface area (Å²) in [6.07, 6.45) is 10.9. The van der Waals surface area contributed by atoms with Crippen LogP contribution >= 0.6 is 0 Å². The summed E-state index contributed by atoms with van der Waals surface area (Å²) in [7, 11) is 0. The maximum Gasteiger partial charge on any atom is 0.171 e. The van der Waals surface area contributed by atoms with Crippen molar-refractivity contribution < 1.29 is 29.8 Å². The van der Waals surface area contributed by atoms with Crippen LogP contribution in [0.2, 0.25) is 0 Å². The van der Waals surface area contributed by atoms with E-state index in [1.165, 1.54) is 4.90 Å². The number of hydrogen-bond donors (Lipinski definition) is 5. The lowest BCUT2D eigenvalue weighted by atomic mass is 9.83. The number of carboxylic acids is 1. The van der Waals surface area contributed by atoms with Gasteiger partial charge in [0.1, 0.15) is 18.9 Å². The van der Waals surface area contributed by atoms with Gasteiger partial charge in [0.15, 0.2) is 6.67 Å². The first-order chi connectivity index (χ1) is 16.8. The van der Waals surface area contributed by atoms with E-state index in [4.69, 9.17) is 0 Å². The van der Waals surface area contributed by atoms with Gasteiger partial charge < -0.3 is 40.4 Å². The summed E-state index contributed by atoms with van der Waals surface area (Å²) in [5.74, 6) is -0.893. The first-order valence-corrected chi connectivity index (χ1v) is 13.6. The van der Waals surface area contributed by atoms with Gasteiger partial charge in [-0.3, -0.25) is 0 Å². The normalized spacial score (nSPS) is 29.1. The molecule has 1 saturated heterocycles. The Morgan fingerprint density at radius 1 is 1.34 bits per heavy atom. The molecule has 9 nitrogen and oxygen atoms in total. The van der Waals surface area contributed by atoms with Gasteiger partial charge in [-0.2, -0.15) is 0 Å². The molecule has 0 aromatic heterocycles. The second-order valence-corrected chi connectivity index (χ2v) is 10.7. The summed E-state index contributed by atoms with van der Waals surface area (Å²) in [5, 5.41) is 38.7. The molecule has 2 aliphatic rings. The van der Waals surface area contributed by atoms with Gasteiger partial charge in [0, 0.05) is 37.8 Å². The maximum atomic E-state index is 11.4. The van der Waals surface area contributed by atoms with Crippen molar-refractivity contribution in [3.05, 3.63) is 0 Å². The molecule has 7 atom stereocenters. The number of aliphatic imine (C=N–C) groups is 1. The molecule has 202 valence electrons. The second kappa shape index (κ2) is 15.7. The zero-order chi connectivity index (χ0) is 25.7. The van der Waals surface area contributed by atoms with E-state index in [0.29, 0.717) is 31.3 Å². The van der Waals surface area contributed by atoms with Crippen molar-refractivity contribution in [1.29, 1.82) is 0 Å². The monoisotopic (exact) mass is 496 g/mol. The minimum atomic E-state index is -1.25. The molecule has 2 aliphatic heterocycles. The Labute approximate surface area is 210 Å². The van der Waals surface area contributed by atoms with Crippen LogP contribution in [0.15, 0.2) is 4.99 Å². The third-order valence-electron chi connectivity index (χ3n) is 7.79. The number of rotatable bonds is 18. The smallest absolute Gasteiger partial charge is 0.171 e. The molecular weight excluding hydrogens is 448 g/mol. The van der Waals surface area contributed by atoms with Crippen molar-refractivity contribution in [2.45, 2.75) is 114 Å². The third-order valence-corrected chi connectivity index (χ3v) is 7.79. The van der Waals surface area contributed by atoms with E-state index in [0.717, 1.165) is 70.9 Å². The fourth-order valence-electron chi connectivity index (χ4n) is 5.68. The van der Waals surface area contributed by atoms with E-state index in [2.05, 4.69) is 15.6 Å². The molecule has 7 unspecified atom stereocenters. The molecule has 0 spiro atoms.